The summed E-state index contributed by atoms with van der Waals surface area (Å²) in [5.41, 5.74) is 1.13. The quantitative estimate of drug-likeness (QED) is 0.350. The molecule has 1 saturated heterocycles. The van der Waals surface area contributed by atoms with Gasteiger partial charge in [0.1, 0.15) is 28.9 Å². The number of amides is 3. The number of hydrogen-bond donors (Lipinski definition) is 2. The van der Waals surface area contributed by atoms with E-state index in [1.165, 1.54) is 46.9 Å². The Morgan fingerprint density at radius 2 is 1.96 bits per heavy atom. The summed E-state index contributed by atoms with van der Waals surface area (Å²) in [6.07, 6.45) is 0.866. The van der Waals surface area contributed by atoms with Gasteiger partial charge in [0, 0.05) is 49.6 Å². The molecule has 0 radical (unpaired) electrons. The van der Waals surface area contributed by atoms with Crippen molar-refractivity contribution < 1.29 is 33.0 Å². The zero-order chi connectivity index (χ0) is 31.7. The summed E-state index contributed by atoms with van der Waals surface area (Å²) in [5, 5.41) is 5.62. The van der Waals surface area contributed by atoms with E-state index in [1.54, 1.807) is 37.3 Å². The summed E-state index contributed by atoms with van der Waals surface area (Å²) < 4.78 is 33.2. The SMILES string of the molecule is COc1ccc2cc1OCC(=O)NCc1cc(F)cc(c1)O[C@@H]1CCN(C(=O)c3cnc4cccc(C)n4c3=O)C[C@@H]1NC2=O. The number of piperidine rings is 1. The third-order valence-corrected chi connectivity index (χ3v) is 7.80. The standard InChI is InChI=1S/C32H30FN5O7/c1-18-4-3-5-28-34-15-23(32(42)38(18)28)31(41)37-9-8-25-24(16-37)36-30(40)20-6-7-26(43-2)27(12-20)44-17-29(39)35-14-19-10-21(33)13-22(11-19)45-25/h3-7,10-13,15,24-25H,8-9,14,16-17H2,1-2H3,(H,35,39)(H,36,40)/t24-,25+/m0/s1. The van der Waals surface area contributed by atoms with Gasteiger partial charge in [0.15, 0.2) is 18.1 Å². The predicted octanol–water partition coefficient (Wildman–Crippen LogP) is 2.25. The summed E-state index contributed by atoms with van der Waals surface area (Å²) in [5.74, 6) is -1.37. The predicted molar refractivity (Wildman–Crippen MR) is 159 cm³/mol. The van der Waals surface area contributed by atoms with Gasteiger partial charge in [-0.2, -0.15) is 0 Å². The minimum absolute atomic E-state index is 0.00287. The number of carbonyl (C=O) groups is 3. The van der Waals surface area contributed by atoms with Crippen molar-refractivity contribution in [3.8, 4) is 17.2 Å². The van der Waals surface area contributed by atoms with Crippen LogP contribution in [-0.4, -0.2) is 71.0 Å². The average Bonchev–Trinajstić information content (AvgIpc) is 3.02. The molecular weight excluding hydrogens is 585 g/mol. The van der Waals surface area contributed by atoms with Gasteiger partial charge in [0.25, 0.3) is 23.3 Å². The van der Waals surface area contributed by atoms with Gasteiger partial charge in [-0.05, 0) is 55.0 Å². The van der Waals surface area contributed by atoms with Crippen molar-refractivity contribution in [2.24, 2.45) is 0 Å². The second-order valence-corrected chi connectivity index (χ2v) is 10.8. The molecular formula is C32H30FN5O7. The molecule has 4 heterocycles. The molecule has 4 bridgehead atoms. The molecule has 232 valence electrons. The van der Waals surface area contributed by atoms with E-state index in [4.69, 9.17) is 14.2 Å². The molecule has 2 N–H and O–H groups in total. The molecule has 0 saturated carbocycles. The molecule has 0 spiro atoms. The lowest BCUT2D eigenvalue weighted by Crippen LogP contribution is -2.58. The Bertz CT molecular complexity index is 1880. The molecule has 1 fully saturated rings. The van der Waals surface area contributed by atoms with Crippen LogP contribution in [0.5, 0.6) is 17.2 Å². The minimum atomic E-state index is -0.751. The number of benzene rings is 2. The zero-order valence-electron chi connectivity index (χ0n) is 24.5. The van der Waals surface area contributed by atoms with E-state index >= 15 is 0 Å². The fourth-order valence-corrected chi connectivity index (χ4v) is 5.53. The number of nitrogens with one attached hydrogen (secondary N) is 2. The second-order valence-electron chi connectivity index (χ2n) is 10.8. The van der Waals surface area contributed by atoms with Gasteiger partial charge in [0.2, 0.25) is 0 Å². The van der Waals surface area contributed by atoms with Crippen LogP contribution in [0.15, 0.2) is 65.6 Å². The maximum absolute atomic E-state index is 14.6. The first-order valence-electron chi connectivity index (χ1n) is 14.3. The van der Waals surface area contributed by atoms with Crippen LogP contribution in [0, 0.1) is 12.7 Å². The number of aryl methyl sites for hydroxylation is 1. The van der Waals surface area contributed by atoms with E-state index in [0.29, 0.717) is 22.7 Å². The second kappa shape index (κ2) is 12.3. The van der Waals surface area contributed by atoms with Crippen molar-refractivity contribution in [1.29, 1.82) is 0 Å². The Hall–Kier alpha value is -5.46. The van der Waals surface area contributed by atoms with Gasteiger partial charge in [-0.3, -0.25) is 23.6 Å². The highest BCUT2D eigenvalue weighted by Crippen LogP contribution is 2.29. The highest BCUT2D eigenvalue weighted by Gasteiger charge is 2.36. The molecule has 0 unspecified atom stereocenters. The number of ether oxygens (including phenoxy) is 3. The van der Waals surface area contributed by atoms with E-state index < -0.39 is 41.2 Å². The molecule has 2 aromatic carbocycles. The summed E-state index contributed by atoms with van der Waals surface area (Å²) >= 11 is 0. The van der Waals surface area contributed by atoms with Crippen LogP contribution < -0.4 is 30.4 Å². The van der Waals surface area contributed by atoms with Gasteiger partial charge in [-0.15, -0.1) is 0 Å². The van der Waals surface area contributed by atoms with Gasteiger partial charge < -0.3 is 29.7 Å². The Labute approximate surface area is 256 Å². The zero-order valence-corrected chi connectivity index (χ0v) is 24.5. The van der Waals surface area contributed by atoms with Crippen LogP contribution in [0.2, 0.25) is 0 Å². The van der Waals surface area contributed by atoms with Crippen molar-refractivity contribution >= 4 is 23.4 Å². The van der Waals surface area contributed by atoms with Crippen molar-refractivity contribution in [2.45, 2.75) is 32.0 Å². The summed E-state index contributed by atoms with van der Waals surface area (Å²) in [6.45, 7) is 1.61. The molecule has 0 aliphatic carbocycles. The van der Waals surface area contributed by atoms with E-state index in [2.05, 4.69) is 15.6 Å². The van der Waals surface area contributed by atoms with Gasteiger partial charge in [-0.1, -0.05) is 6.07 Å². The molecule has 2 aliphatic heterocycles. The Balaban J connectivity index is 1.34. The number of likely N-dealkylation sites (tertiary alicyclic amines) is 1. The van der Waals surface area contributed by atoms with Crippen LogP contribution in [0.25, 0.3) is 5.65 Å². The van der Waals surface area contributed by atoms with Gasteiger partial charge in [0.05, 0.1) is 13.2 Å². The number of fused-ring (bicyclic) bond motifs is 6. The maximum Gasteiger partial charge on any atom is 0.270 e. The number of pyridine rings is 1. The molecule has 4 aromatic rings. The molecule has 3 amide bonds. The third-order valence-electron chi connectivity index (χ3n) is 7.80. The Morgan fingerprint density at radius 1 is 1.11 bits per heavy atom. The topological polar surface area (TPSA) is 141 Å². The lowest BCUT2D eigenvalue weighted by atomic mass is 10.00. The number of halogens is 1. The van der Waals surface area contributed by atoms with Crippen LogP contribution in [0.3, 0.4) is 0 Å². The molecule has 2 aromatic heterocycles. The van der Waals surface area contributed by atoms with E-state index in [0.717, 1.165) is 0 Å². The molecule has 12 nitrogen and oxygen atoms in total. The average molecular weight is 616 g/mol. The first kappa shape index (κ1) is 29.6. The number of methoxy groups -OCH3 is 1. The van der Waals surface area contributed by atoms with Crippen molar-refractivity contribution in [1.82, 2.24) is 24.9 Å². The van der Waals surface area contributed by atoms with Crippen molar-refractivity contribution in [3.05, 3.63) is 99.3 Å². The van der Waals surface area contributed by atoms with E-state index in [1.807, 2.05) is 0 Å². The normalized spacial score (nSPS) is 18.6. The number of aromatic nitrogens is 2. The first-order valence-corrected chi connectivity index (χ1v) is 14.3. The Morgan fingerprint density at radius 3 is 2.78 bits per heavy atom. The maximum atomic E-state index is 14.6. The highest BCUT2D eigenvalue weighted by molar-refractivity contribution is 5.96. The van der Waals surface area contributed by atoms with E-state index in [9.17, 15) is 23.6 Å². The molecule has 2 atom stereocenters. The van der Waals surface area contributed by atoms with E-state index in [-0.39, 0.29) is 55.3 Å². The Kier molecular flexibility index (Phi) is 8.07. The lowest BCUT2D eigenvalue weighted by Gasteiger charge is -2.38. The number of carbonyl (C=O) groups excluding carboxylic acids is 3. The highest BCUT2D eigenvalue weighted by atomic mass is 19.1. The fourth-order valence-electron chi connectivity index (χ4n) is 5.53. The smallest absolute Gasteiger partial charge is 0.270 e. The van der Waals surface area contributed by atoms with Crippen LogP contribution in [0.1, 0.15) is 38.4 Å². The number of nitrogens with zero attached hydrogens (tertiary/aromatic N) is 3. The largest absolute Gasteiger partial charge is 0.493 e. The number of rotatable bonds is 2. The summed E-state index contributed by atoms with van der Waals surface area (Å²) in [4.78, 5) is 58.8. The van der Waals surface area contributed by atoms with Crippen LogP contribution in [0.4, 0.5) is 4.39 Å². The molecule has 6 rings (SSSR count). The van der Waals surface area contributed by atoms with Crippen LogP contribution >= 0.6 is 0 Å². The monoisotopic (exact) mass is 615 g/mol. The fraction of sp³-hybridized carbons (Fsp3) is 0.281. The minimum Gasteiger partial charge on any atom is -0.493 e. The summed E-state index contributed by atoms with van der Waals surface area (Å²) in [7, 11) is 1.43. The van der Waals surface area contributed by atoms with Crippen molar-refractivity contribution in [3.63, 3.8) is 0 Å². The molecule has 45 heavy (non-hydrogen) atoms. The van der Waals surface area contributed by atoms with Crippen molar-refractivity contribution in [2.75, 3.05) is 26.8 Å². The van der Waals surface area contributed by atoms with Gasteiger partial charge >= 0.3 is 0 Å². The summed E-state index contributed by atoms with van der Waals surface area (Å²) in [6, 6.07) is 13.1. The third kappa shape index (κ3) is 6.14. The molecule has 13 heteroatoms. The molecule has 2 aliphatic rings. The first-order chi connectivity index (χ1) is 21.7. The lowest BCUT2D eigenvalue weighted by molar-refractivity contribution is -0.123. The van der Waals surface area contributed by atoms with Gasteiger partial charge in [-0.25, -0.2) is 9.37 Å². The number of hydrogen-bond acceptors (Lipinski definition) is 8. The van der Waals surface area contributed by atoms with Crippen LogP contribution in [-0.2, 0) is 11.3 Å².